The second-order valence-corrected chi connectivity index (χ2v) is 11.5. The van der Waals surface area contributed by atoms with Crippen molar-refractivity contribution >= 4 is 39.1 Å². The molecule has 2 fully saturated rings. The minimum Gasteiger partial charge on any atom is -0.493 e. The molecule has 10 heteroatoms. The summed E-state index contributed by atoms with van der Waals surface area (Å²) in [5.41, 5.74) is -0.671. The lowest BCUT2D eigenvalue weighted by Gasteiger charge is -2.42. The van der Waals surface area contributed by atoms with Gasteiger partial charge in [0.15, 0.2) is 0 Å². The first-order chi connectivity index (χ1) is 16.3. The summed E-state index contributed by atoms with van der Waals surface area (Å²) in [6, 6.07) is 13.7. The molecule has 7 nitrogen and oxygen atoms in total. The number of hydrogen-bond donors (Lipinski definition) is 0. The Bertz CT molecular complexity index is 1110. The van der Waals surface area contributed by atoms with E-state index in [2.05, 4.69) is 0 Å². The summed E-state index contributed by atoms with van der Waals surface area (Å²) in [5, 5.41) is 0.443. The van der Waals surface area contributed by atoms with E-state index in [0.717, 1.165) is 0 Å². The average Bonchev–Trinajstić information content (AvgIpc) is 2.84. The molecule has 0 unspecified atom stereocenters. The van der Waals surface area contributed by atoms with Gasteiger partial charge in [-0.15, -0.1) is 0 Å². The van der Waals surface area contributed by atoms with Crippen LogP contribution < -0.4 is 4.74 Å². The normalized spacial score (nSPS) is 21.9. The number of amides is 1. The second-order valence-electron chi connectivity index (χ2n) is 8.79. The third-order valence-electron chi connectivity index (χ3n) is 6.32. The Hall–Kier alpha value is -1.84. The van der Waals surface area contributed by atoms with Gasteiger partial charge in [0, 0.05) is 43.0 Å². The lowest BCUT2D eigenvalue weighted by atomic mass is 9.78. The summed E-state index contributed by atoms with van der Waals surface area (Å²) >= 11 is 12.2. The number of sulfonamides is 1. The van der Waals surface area contributed by atoms with E-state index >= 15 is 0 Å². The van der Waals surface area contributed by atoms with Crippen molar-refractivity contribution in [2.75, 3.05) is 46.0 Å². The van der Waals surface area contributed by atoms with Crippen LogP contribution in [0.15, 0.2) is 53.4 Å². The molecule has 2 aromatic rings. The SMILES string of the molecule is O=C(C[C@]1(COc2ccccc2)CCCN(S(=O)(=O)c2ccc(Cl)cc2Cl)C1)N1CCOCC1. The van der Waals surface area contributed by atoms with Crippen LogP contribution in [-0.4, -0.2) is 69.5 Å². The fourth-order valence-corrected chi connectivity index (χ4v) is 6.84. The first-order valence-corrected chi connectivity index (χ1v) is 13.5. The number of morpholine rings is 1. The zero-order chi connectivity index (χ0) is 24.2. The van der Waals surface area contributed by atoms with E-state index < -0.39 is 15.4 Å². The highest BCUT2D eigenvalue weighted by Gasteiger charge is 2.43. The molecule has 0 radical (unpaired) electrons. The molecule has 1 atom stereocenters. The Morgan fingerprint density at radius 3 is 2.50 bits per heavy atom. The molecule has 0 spiro atoms. The number of carbonyl (C=O) groups is 1. The van der Waals surface area contributed by atoms with Gasteiger partial charge in [0.1, 0.15) is 10.6 Å². The van der Waals surface area contributed by atoms with E-state index in [4.69, 9.17) is 32.7 Å². The molecular weight excluding hydrogens is 499 g/mol. The van der Waals surface area contributed by atoms with E-state index in [0.29, 0.717) is 56.5 Å². The van der Waals surface area contributed by atoms with Gasteiger partial charge in [0.05, 0.1) is 24.8 Å². The standard InChI is InChI=1S/C24H28Cl2N2O5S/c25-19-7-8-22(21(26)15-19)34(30,31)28-10-4-9-24(17-28,18-33-20-5-2-1-3-6-20)16-23(29)27-11-13-32-14-12-27/h1-3,5-8,15H,4,9-14,16-18H2/t24-/m1/s1. The molecule has 0 aliphatic carbocycles. The molecule has 0 aromatic heterocycles. The molecule has 2 aromatic carbocycles. The molecule has 0 bridgehead atoms. The molecule has 0 saturated carbocycles. The van der Waals surface area contributed by atoms with Gasteiger partial charge >= 0.3 is 0 Å². The number of halogens is 2. The van der Waals surface area contributed by atoms with Crippen molar-refractivity contribution in [1.82, 2.24) is 9.21 Å². The van der Waals surface area contributed by atoms with Crippen LogP contribution in [-0.2, 0) is 19.6 Å². The van der Waals surface area contributed by atoms with Crippen LogP contribution in [0.1, 0.15) is 19.3 Å². The van der Waals surface area contributed by atoms with E-state index in [9.17, 15) is 13.2 Å². The summed E-state index contributed by atoms with van der Waals surface area (Å²) in [7, 11) is -3.88. The first kappa shape index (κ1) is 25.3. The molecule has 184 valence electrons. The second kappa shape index (κ2) is 10.8. The highest BCUT2D eigenvalue weighted by atomic mass is 35.5. The number of carbonyl (C=O) groups excluding carboxylic acids is 1. The van der Waals surface area contributed by atoms with Crippen molar-refractivity contribution in [1.29, 1.82) is 0 Å². The smallest absolute Gasteiger partial charge is 0.244 e. The number of nitrogens with zero attached hydrogens (tertiary/aromatic N) is 2. The average molecular weight is 527 g/mol. The lowest BCUT2D eigenvalue weighted by molar-refractivity contribution is -0.139. The van der Waals surface area contributed by atoms with Crippen LogP contribution in [0.2, 0.25) is 10.0 Å². The van der Waals surface area contributed by atoms with Crippen molar-refractivity contribution in [3.05, 3.63) is 58.6 Å². The van der Waals surface area contributed by atoms with Crippen LogP contribution in [0, 0.1) is 5.41 Å². The van der Waals surface area contributed by atoms with Gasteiger partial charge in [-0.3, -0.25) is 4.79 Å². The highest BCUT2D eigenvalue weighted by Crippen LogP contribution is 2.38. The van der Waals surface area contributed by atoms with Crippen LogP contribution in [0.25, 0.3) is 0 Å². The Labute approximate surface area is 210 Å². The number of para-hydroxylation sites is 1. The van der Waals surface area contributed by atoms with E-state index in [1.165, 1.54) is 22.5 Å². The zero-order valence-electron chi connectivity index (χ0n) is 18.8. The monoisotopic (exact) mass is 526 g/mol. The van der Waals surface area contributed by atoms with Crippen molar-refractivity contribution in [3.8, 4) is 5.75 Å². The maximum absolute atomic E-state index is 13.5. The summed E-state index contributed by atoms with van der Waals surface area (Å²) < 4.78 is 39.9. The van der Waals surface area contributed by atoms with Crippen molar-refractivity contribution in [2.24, 2.45) is 5.41 Å². The summed E-state index contributed by atoms with van der Waals surface area (Å²) in [6.45, 7) is 2.84. The molecule has 2 heterocycles. The molecule has 0 N–H and O–H groups in total. The molecule has 2 aliphatic rings. The van der Waals surface area contributed by atoms with Gasteiger partial charge in [-0.05, 0) is 43.2 Å². The largest absolute Gasteiger partial charge is 0.493 e. The Morgan fingerprint density at radius 1 is 1.06 bits per heavy atom. The minimum atomic E-state index is -3.88. The fourth-order valence-electron chi connectivity index (χ4n) is 4.50. The Kier molecular flexibility index (Phi) is 8.05. The number of ether oxygens (including phenoxy) is 2. The van der Waals surface area contributed by atoms with Crippen molar-refractivity contribution < 1.29 is 22.7 Å². The van der Waals surface area contributed by atoms with Crippen LogP contribution in [0.5, 0.6) is 5.75 Å². The summed E-state index contributed by atoms with van der Waals surface area (Å²) in [6.07, 6.45) is 1.48. The topological polar surface area (TPSA) is 76.2 Å². The maximum atomic E-state index is 13.5. The zero-order valence-corrected chi connectivity index (χ0v) is 21.1. The van der Waals surface area contributed by atoms with E-state index in [1.807, 2.05) is 30.3 Å². The number of rotatable bonds is 7. The molecule has 2 saturated heterocycles. The molecular formula is C24H28Cl2N2O5S. The van der Waals surface area contributed by atoms with Gasteiger partial charge in [-0.1, -0.05) is 41.4 Å². The van der Waals surface area contributed by atoms with Crippen molar-refractivity contribution in [3.63, 3.8) is 0 Å². The molecule has 4 rings (SSSR count). The third kappa shape index (κ3) is 5.86. The quantitative estimate of drug-likeness (QED) is 0.542. The minimum absolute atomic E-state index is 0.0104. The van der Waals surface area contributed by atoms with Gasteiger partial charge in [-0.2, -0.15) is 4.31 Å². The van der Waals surface area contributed by atoms with Crippen LogP contribution >= 0.6 is 23.2 Å². The Balaban J connectivity index is 1.59. The summed E-state index contributed by atoms with van der Waals surface area (Å²) in [4.78, 5) is 15.0. The maximum Gasteiger partial charge on any atom is 0.244 e. The van der Waals surface area contributed by atoms with E-state index in [1.54, 1.807) is 4.90 Å². The van der Waals surface area contributed by atoms with Gasteiger partial charge in [0.2, 0.25) is 15.9 Å². The van der Waals surface area contributed by atoms with Gasteiger partial charge in [0.25, 0.3) is 0 Å². The lowest BCUT2D eigenvalue weighted by Crippen LogP contribution is -2.51. The van der Waals surface area contributed by atoms with Gasteiger partial charge in [-0.25, -0.2) is 8.42 Å². The highest BCUT2D eigenvalue weighted by molar-refractivity contribution is 7.89. The molecule has 2 aliphatic heterocycles. The first-order valence-electron chi connectivity index (χ1n) is 11.3. The van der Waals surface area contributed by atoms with Crippen LogP contribution in [0.4, 0.5) is 0 Å². The molecule has 1 amide bonds. The number of benzene rings is 2. The van der Waals surface area contributed by atoms with Crippen molar-refractivity contribution in [2.45, 2.75) is 24.2 Å². The van der Waals surface area contributed by atoms with E-state index in [-0.39, 0.29) is 35.4 Å². The number of piperidine rings is 1. The summed E-state index contributed by atoms with van der Waals surface area (Å²) in [5.74, 6) is 0.671. The van der Waals surface area contributed by atoms with Gasteiger partial charge < -0.3 is 14.4 Å². The third-order valence-corrected chi connectivity index (χ3v) is 8.88. The number of hydrogen-bond acceptors (Lipinski definition) is 5. The predicted octanol–water partition coefficient (Wildman–Crippen LogP) is 4.09. The van der Waals surface area contributed by atoms with Crippen LogP contribution in [0.3, 0.4) is 0 Å². The predicted molar refractivity (Wildman–Crippen MR) is 131 cm³/mol. The molecule has 34 heavy (non-hydrogen) atoms. The fraction of sp³-hybridized carbons (Fsp3) is 0.458. The Morgan fingerprint density at radius 2 is 1.79 bits per heavy atom.